The minimum atomic E-state index is -5.07. The molecule has 2 aliphatic heterocycles. The summed E-state index contributed by atoms with van der Waals surface area (Å²) in [5.41, 5.74) is 3.64. The average Bonchev–Trinajstić information content (AvgIpc) is 3.66. The fourth-order valence-corrected chi connectivity index (χ4v) is 5.38. The van der Waals surface area contributed by atoms with Crippen molar-refractivity contribution in [2.75, 3.05) is 25.4 Å². The monoisotopic (exact) mass is 614 g/mol. The molecule has 2 fully saturated rings. The molecule has 7 N–H and O–H groups in total. The SMILES string of the molecule is CC(C)(O/N=C(\C(=O)N[C@@H]1C(=O)N(S(=O)(=O)O)[C@@H]1CNC(=O)c1cc([C@@H]2CCNC2)no1)c1csc(N)n1)C(=O)O. The van der Waals surface area contributed by atoms with E-state index < -0.39 is 63.9 Å². The molecular formula is C21H26N8O10S2. The second-order valence-corrected chi connectivity index (χ2v) is 11.7. The van der Waals surface area contributed by atoms with E-state index in [2.05, 4.69) is 31.2 Å². The average molecular weight is 615 g/mol. The van der Waals surface area contributed by atoms with Crippen molar-refractivity contribution in [3.8, 4) is 0 Å². The Morgan fingerprint density at radius 1 is 1.39 bits per heavy atom. The van der Waals surface area contributed by atoms with Crippen molar-refractivity contribution in [3.05, 3.63) is 28.6 Å². The van der Waals surface area contributed by atoms with E-state index in [1.54, 1.807) is 0 Å². The first-order chi connectivity index (χ1) is 19.2. The van der Waals surface area contributed by atoms with E-state index >= 15 is 0 Å². The lowest BCUT2D eigenvalue weighted by atomic mass is 9.98. The van der Waals surface area contributed by atoms with Gasteiger partial charge in [-0.25, -0.2) is 14.1 Å². The molecule has 4 heterocycles. The molecule has 0 unspecified atom stereocenters. The molecule has 2 saturated heterocycles. The van der Waals surface area contributed by atoms with Gasteiger partial charge in [0.05, 0.1) is 11.7 Å². The number of nitrogen functional groups attached to an aromatic ring is 1. The standard InChI is InChI=1S/C21H26N8O10S2/c1-21(2,19(33)34)39-28-14(11-8-40-20(22)25-11)17(31)26-15-12(29(18(15)32)41(35,36)37)7-24-16(30)13-5-10(27-38-13)9-3-4-23-6-9/h5,8-9,12,15,23H,3-4,6-7H2,1-2H3,(H2,22,25)(H,24,30)(H,26,31)(H,33,34)(H,35,36,37)/b28-14-/t9-,12-,15+/m1/s1. The van der Waals surface area contributed by atoms with Gasteiger partial charge in [-0.05, 0) is 26.8 Å². The van der Waals surface area contributed by atoms with Gasteiger partial charge in [-0.3, -0.25) is 18.9 Å². The van der Waals surface area contributed by atoms with E-state index in [9.17, 15) is 37.3 Å². The van der Waals surface area contributed by atoms with Crippen LogP contribution in [0.5, 0.6) is 0 Å². The first-order valence-corrected chi connectivity index (χ1v) is 14.2. The minimum absolute atomic E-state index is 0.0376. The zero-order valence-corrected chi connectivity index (χ0v) is 23.2. The molecule has 20 heteroatoms. The van der Waals surface area contributed by atoms with Gasteiger partial charge in [-0.1, -0.05) is 10.3 Å². The highest BCUT2D eigenvalue weighted by Crippen LogP contribution is 2.25. The number of nitrogens with one attached hydrogen (secondary N) is 3. The Balaban J connectivity index is 1.50. The predicted molar refractivity (Wildman–Crippen MR) is 139 cm³/mol. The van der Waals surface area contributed by atoms with Gasteiger partial charge >= 0.3 is 16.3 Å². The molecular weight excluding hydrogens is 588 g/mol. The van der Waals surface area contributed by atoms with E-state index in [-0.39, 0.29) is 26.8 Å². The Morgan fingerprint density at radius 2 is 2.12 bits per heavy atom. The molecule has 0 aromatic carbocycles. The fraction of sp³-hybridized carbons (Fsp3) is 0.476. The number of aliphatic carboxylic acids is 1. The largest absolute Gasteiger partial charge is 0.478 e. The lowest BCUT2D eigenvalue weighted by molar-refractivity contribution is -0.161. The number of thiazole rings is 1. The summed E-state index contributed by atoms with van der Waals surface area (Å²) in [6, 6.07) is -1.57. The second kappa shape index (κ2) is 11.4. The molecule has 0 saturated carbocycles. The number of β-lactam (4-membered cyclic amide) rings is 1. The van der Waals surface area contributed by atoms with Gasteiger partial charge in [0.1, 0.15) is 11.7 Å². The molecule has 0 spiro atoms. The van der Waals surface area contributed by atoms with Crippen LogP contribution in [0.2, 0.25) is 0 Å². The van der Waals surface area contributed by atoms with Gasteiger partial charge in [0, 0.05) is 30.5 Å². The molecule has 2 aromatic heterocycles. The molecule has 0 bridgehead atoms. The summed E-state index contributed by atoms with van der Waals surface area (Å²) < 4.78 is 38.4. The Labute approximate surface area is 236 Å². The number of carbonyl (C=O) groups excluding carboxylic acids is 3. The van der Waals surface area contributed by atoms with Crippen LogP contribution in [0.4, 0.5) is 5.13 Å². The Morgan fingerprint density at radius 3 is 2.71 bits per heavy atom. The number of aromatic nitrogens is 2. The molecule has 222 valence electrons. The van der Waals surface area contributed by atoms with Crippen molar-refractivity contribution in [2.24, 2.45) is 5.16 Å². The molecule has 2 aromatic rings. The van der Waals surface area contributed by atoms with Crippen LogP contribution in [0.15, 0.2) is 21.1 Å². The summed E-state index contributed by atoms with van der Waals surface area (Å²) in [5, 5.41) is 25.9. The number of anilines is 1. The number of rotatable bonds is 11. The van der Waals surface area contributed by atoms with Gasteiger partial charge in [-0.15, -0.1) is 11.3 Å². The van der Waals surface area contributed by atoms with E-state index in [1.807, 2.05) is 0 Å². The molecule has 3 amide bonds. The normalized spacial score (nSPS) is 21.3. The Kier molecular flexibility index (Phi) is 8.29. The predicted octanol–water partition coefficient (Wildman–Crippen LogP) is -1.70. The Hall–Kier alpha value is -4.14. The quantitative estimate of drug-likeness (QED) is 0.0713. The third-order valence-electron chi connectivity index (χ3n) is 6.27. The first kappa shape index (κ1) is 29.8. The zero-order chi connectivity index (χ0) is 30.1. The van der Waals surface area contributed by atoms with Crippen molar-refractivity contribution in [1.82, 2.24) is 30.4 Å². The van der Waals surface area contributed by atoms with E-state index in [1.165, 1.54) is 25.3 Å². The van der Waals surface area contributed by atoms with Crippen molar-refractivity contribution >= 4 is 56.2 Å². The molecule has 3 atom stereocenters. The lowest BCUT2D eigenvalue weighted by Crippen LogP contribution is -2.74. The van der Waals surface area contributed by atoms with Crippen LogP contribution < -0.4 is 21.7 Å². The van der Waals surface area contributed by atoms with Crippen LogP contribution in [-0.2, 0) is 29.5 Å². The number of amides is 3. The van der Waals surface area contributed by atoms with Crippen LogP contribution in [0, 0.1) is 0 Å². The number of carboxylic acids is 1. The first-order valence-electron chi connectivity index (χ1n) is 12.0. The molecule has 0 aliphatic carbocycles. The molecule has 0 radical (unpaired) electrons. The third kappa shape index (κ3) is 6.45. The number of nitrogens with two attached hydrogens (primary N) is 1. The highest BCUT2D eigenvalue weighted by Gasteiger charge is 2.54. The highest BCUT2D eigenvalue weighted by atomic mass is 32.2. The van der Waals surface area contributed by atoms with Crippen molar-refractivity contribution in [2.45, 2.75) is 43.9 Å². The molecule has 2 aliphatic rings. The van der Waals surface area contributed by atoms with E-state index in [4.69, 9.17) is 15.1 Å². The molecule has 18 nitrogen and oxygen atoms in total. The van der Waals surface area contributed by atoms with Gasteiger partial charge in [0.15, 0.2) is 10.8 Å². The highest BCUT2D eigenvalue weighted by molar-refractivity contribution is 7.84. The third-order valence-corrected chi connectivity index (χ3v) is 7.89. The van der Waals surface area contributed by atoms with Gasteiger partial charge in [-0.2, -0.15) is 8.42 Å². The summed E-state index contributed by atoms with van der Waals surface area (Å²) in [4.78, 5) is 58.7. The number of nitrogens with zero attached hydrogens (tertiary/aromatic N) is 4. The van der Waals surface area contributed by atoms with Crippen LogP contribution in [0.25, 0.3) is 0 Å². The van der Waals surface area contributed by atoms with Crippen LogP contribution in [-0.4, -0.2) is 99.2 Å². The van der Waals surface area contributed by atoms with Crippen molar-refractivity contribution in [3.63, 3.8) is 0 Å². The number of oxime groups is 1. The summed E-state index contributed by atoms with van der Waals surface area (Å²) in [7, 11) is -5.07. The maximum Gasteiger partial charge on any atom is 0.362 e. The van der Waals surface area contributed by atoms with Crippen LogP contribution in [0.1, 0.15) is 48.1 Å². The smallest absolute Gasteiger partial charge is 0.362 e. The van der Waals surface area contributed by atoms with E-state index in [0.29, 0.717) is 12.2 Å². The summed E-state index contributed by atoms with van der Waals surface area (Å²) in [5.74, 6) is -4.59. The zero-order valence-electron chi connectivity index (χ0n) is 21.6. The lowest BCUT2D eigenvalue weighted by Gasteiger charge is -2.44. The summed E-state index contributed by atoms with van der Waals surface area (Å²) in [6.45, 7) is 3.27. The number of hydrogen-bond acceptors (Lipinski definition) is 14. The van der Waals surface area contributed by atoms with Crippen LogP contribution in [0.3, 0.4) is 0 Å². The van der Waals surface area contributed by atoms with Crippen LogP contribution >= 0.6 is 11.3 Å². The molecule has 4 rings (SSSR count). The van der Waals surface area contributed by atoms with Crippen molar-refractivity contribution < 1.29 is 46.6 Å². The van der Waals surface area contributed by atoms with Gasteiger partial charge in [0.2, 0.25) is 11.4 Å². The number of carboxylic acid groups (broad SMARTS) is 1. The van der Waals surface area contributed by atoms with Gasteiger partial charge in [0.25, 0.3) is 17.7 Å². The maximum atomic E-state index is 13.1. The number of hydrogen-bond donors (Lipinski definition) is 6. The Bertz CT molecular complexity index is 1490. The summed E-state index contributed by atoms with van der Waals surface area (Å²) >= 11 is 0.934. The number of carbonyl (C=O) groups is 4. The second-order valence-electron chi connectivity index (χ2n) is 9.56. The van der Waals surface area contributed by atoms with E-state index in [0.717, 1.165) is 24.3 Å². The fourth-order valence-electron chi connectivity index (χ4n) is 3.95. The summed E-state index contributed by atoms with van der Waals surface area (Å²) in [6.07, 6.45) is 0.806. The maximum absolute atomic E-state index is 13.1. The minimum Gasteiger partial charge on any atom is -0.478 e. The van der Waals surface area contributed by atoms with Gasteiger partial charge < -0.3 is 36.2 Å². The molecule has 41 heavy (non-hydrogen) atoms. The van der Waals surface area contributed by atoms with Crippen molar-refractivity contribution in [1.29, 1.82) is 0 Å². The topological polar surface area (TPSA) is 269 Å².